The fraction of sp³-hybridized carbons (Fsp3) is 0.929. The summed E-state index contributed by atoms with van der Waals surface area (Å²) in [6.45, 7) is 9.32. The SMILES string of the molecule is CC(C)N1CCCCC1CN1CCNCCC1=O. The smallest absolute Gasteiger partial charge is 0.223 e. The third-order valence-corrected chi connectivity index (χ3v) is 4.19. The molecule has 0 aromatic rings. The number of carbonyl (C=O) groups excluding carboxylic acids is 1. The molecule has 2 fully saturated rings. The number of likely N-dealkylation sites (tertiary alicyclic amines) is 1. The van der Waals surface area contributed by atoms with Gasteiger partial charge in [-0.05, 0) is 33.2 Å². The fourth-order valence-corrected chi connectivity index (χ4v) is 3.16. The summed E-state index contributed by atoms with van der Waals surface area (Å²) in [7, 11) is 0. The van der Waals surface area contributed by atoms with Crippen molar-refractivity contribution in [3.8, 4) is 0 Å². The van der Waals surface area contributed by atoms with Crippen LogP contribution in [0.4, 0.5) is 0 Å². The van der Waals surface area contributed by atoms with Gasteiger partial charge in [0, 0.05) is 44.7 Å². The molecular formula is C14H27N3O. The topological polar surface area (TPSA) is 35.6 Å². The van der Waals surface area contributed by atoms with Gasteiger partial charge in [-0.25, -0.2) is 0 Å². The molecule has 2 rings (SSSR count). The van der Waals surface area contributed by atoms with Crippen molar-refractivity contribution in [2.45, 2.75) is 51.6 Å². The molecule has 2 saturated heterocycles. The Kier molecular flexibility index (Phi) is 5.01. The molecule has 0 saturated carbocycles. The van der Waals surface area contributed by atoms with E-state index in [9.17, 15) is 4.79 Å². The Balaban J connectivity index is 1.94. The molecule has 1 unspecified atom stereocenters. The summed E-state index contributed by atoms with van der Waals surface area (Å²) < 4.78 is 0. The lowest BCUT2D eigenvalue weighted by atomic mass is 9.99. The second-order valence-corrected chi connectivity index (χ2v) is 5.82. The number of piperidine rings is 1. The molecule has 1 N–H and O–H groups in total. The van der Waals surface area contributed by atoms with Gasteiger partial charge in [-0.3, -0.25) is 9.69 Å². The monoisotopic (exact) mass is 253 g/mol. The first-order valence-electron chi connectivity index (χ1n) is 7.42. The van der Waals surface area contributed by atoms with Crippen LogP contribution >= 0.6 is 0 Å². The van der Waals surface area contributed by atoms with Crippen molar-refractivity contribution in [1.29, 1.82) is 0 Å². The molecule has 2 aliphatic rings. The van der Waals surface area contributed by atoms with Crippen molar-refractivity contribution < 1.29 is 4.79 Å². The standard InChI is InChI=1S/C14H27N3O/c1-12(2)17-9-4-3-5-13(17)11-16-10-8-15-7-6-14(16)18/h12-13,15H,3-11H2,1-2H3. The highest BCUT2D eigenvalue weighted by atomic mass is 16.2. The van der Waals surface area contributed by atoms with Gasteiger partial charge in [-0.15, -0.1) is 0 Å². The quantitative estimate of drug-likeness (QED) is 0.817. The molecule has 0 aromatic heterocycles. The first-order chi connectivity index (χ1) is 8.68. The molecule has 4 heteroatoms. The third kappa shape index (κ3) is 3.45. The van der Waals surface area contributed by atoms with Gasteiger partial charge >= 0.3 is 0 Å². The molecule has 0 spiro atoms. The van der Waals surface area contributed by atoms with Crippen molar-refractivity contribution in [2.75, 3.05) is 32.7 Å². The molecule has 0 radical (unpaired) electrons. The summed E-state index contributed by atoms with van der Waals surface area (Å²) in [5.74, 6) is 0.328. The second-order valence-electron chi connectivity index (χ2n) is 5.82. The summed E-state index contributed by atoms with van der Waals surface area (Å²) in [5, 5.41) is 3.30. The number of amides is 1. The summed E-state index contributed by atoms with van der Waals surface area (Å²) in [5.41, 5.74) is 0. The average molecular weight is 253 g/mol. The minimum atomic E-state index is 0.328. The molecule has 1 amide bonds. The maximum Gasteiger partial charge on any atom is 0.223 e. The van der Waals surface area contributed by atoms with E-state index in [-0.39, 0.29) is 0 Å². The van der Waals surface area contributed by atoms with Gasteiger partial charge in [0.15, 0.2) is 0 Å². The predicted molar refractivity (Wildman–Crippen MR) is 73.5 cm³/mol. The second kappa shape index (κ2) is 6.53. The number of hydrogen-bond acceptors (Lipinski definition) is 3. The zero-order valence-corrected chi connectivity index (χ0v) is 11.8. The van der Waals surface area contributed by atoms with Crippen LogP contribution in [-0.2, 0) is 4.79 Å². The molecule has 2 heterocycles. The number of carbonyl (C=O) groups is 1. The van der Waals surface area contributed by atoms with Crippen LogP contribution in [0.25, 0.3) is 0 Å². The first kappa shape index (κ1) is 13.8. The first-order valence-corrected chi connectivity index (χ1v) is 7.42. The van der Waals surface area contributed by atoms with E-state index in [1.807, 2.05) is 0 Å². The third-order valence-electron chi connectivity index (χ3n) is 4.19. The zero-order valence-electron chi connectivity index (χ0n) is 11.8. The molecule has 104 valence electrons. The van der Waals surface area contributed by atoms with Gasteiger partial charge in [-0.2, -0.15) is 0 Å². The van der Waals surface area contributed by atoms with Gasteiger partial charge in [0.2, 0.25) is 5.91 Å². The fourth-order valence-electron chi connectivity index (χ4n) is 3.16. The molecular weight excluding hydrogens is 226 g/mol. The van der Waals surface area contributed by atoms with Crippen LogP contribution in [-0.4, -0.2) is 60.5 Å². The molecule has 4 nitrogen and oxygen atoms in total. The van der Waals surface area contributed by atoms with Crippen LogP contribution in [0.1, 0.15) is 39.5 Å². The van der Waals surface area contributed by atoms with E-state index in [0.29, 0.717) is 24.4 Å². The highest BCUT2D eigenvalue weighted by Crippen LogP contribution is 2.20. The summed E-state index contributed by atoms with van der Waals surface area (Å²) in [6.07, 6.45) is 4.53. The number of nitrogens with one attached hydrogen (secondary N) is 1. The molecule has 0 bridgehead atoms. The Bertz CT molecular complexity index is 280. The minimum Gasteiger partial charge on any atom is -0.340 e. The van der Waals surface area contributed by atoms with Crippen molar-refractivity contribution in [3.63, 3.8) is 0 Å². The molecule has 0 aromatic carbocycles. The van der Waals surface area contributed by atoms with Crippen LogP contribution in [0.2, 0.25) is 0 Å². The van der Waals surface area contributed by atoms with Crippen LogP contribution in [0.3, 0.4) is 0 Å². The van der Waals surface area contributed by atoms with Gasteiger partial charge in [0.25, 0.3) is 0 Å². The normalized spacial score (nSPS) is 27.6. The lowest BCUT2D eigenvalue weighted by Gasteiger charge is -2.41. The Labute approximate surface area is 111 Å². The molecule has 0 aliphatic carbocycles. The lowest BCUT2D eigenvalue weighted by molar-refractivity contribution is -0.131. The highest BCUT2D eigenvalue weighted by molar-refractivity contribution is 5.76. The van der Waals surface area contributed by atoms with Crippen molar-refractivity contribution >= 4 is 5.91 Å². The summed E-state index contributed by atoms with van der Waals surface area (Å²) in [4.78, 5) is 16.7. The summed E-state index contributed by atoms with van der Waals surface area (Å²) >= 11 is 0. The lowest BCUT2D eigenvalue weighted by Crippen LogP contribution is -2.51. The predicted octanol–water partition coefficient (Wildman–Crippen LogP) is 1.07. The number of hydrogen-bond donors (Lipinski definition) is 1. The van der Waals surface area contributed by atoms with Gasteiger partial charge in [-0.1, -0.05) is 6.42 Å². The summed E-state index contributed by atoms with van der Waals surface area (Å²) in [6, 6.07) is 1.16. The van der Waals surface area contributed by atoms with Crippen LogP contribution in [0.5, 0.6) is 0 Å². The van der Waals surface area contributed by atoms with Gasteiger partial charge in [0.05, 0.1) is 0 Å². The minimum absolute atomic E-state index is 0.328. The Morgan fingerprint density at radius 1 is 1.28 bits per heavy atom. The van der Waals surface area contributed by atoms with E-state index < -0.39 is 0 Å². The van der Waals surface area contributed by atoms with E-state index in [0.717, 1.165) is 26.2 Å². The maximum absolute atomic E-state index is 12.0. The van der Waals surface area contributed by atoms with E-state index in [1.54, 1.807) is 0 Å². The number of nitrogens with zero attached hydrogens (tertiary/aromatic N) is 2. The molecule has 2 aliphatic heterocycles. The zero-order chi connectivity index (χ0) is 13.0. The van der Waals surface area contributed by atoms with E-state index >= 15 is 0 Å². The van der Waals surface area contributed by atoms with Crippen LogP contribution in [0, 0.1) is 0 Å². The van der Waals surface area contributed by atoms with E-state index in [2.05, 4.69) is 29.0 Å². The van der Waals surface area contributed by atoms with E-state index in [4.69, 9.17) is 0 Å². The number of rotatable bonds is 3. The van der Waals surface area contributed by atoms with Gasteiger partial charge in [0.1, 0.15) is 0 Å². The van der Waals surface area contributed by atoms with Crippen LogP contribution < -0.4 is 5.32 Å². The Morgan fingerprint density at radius 3 is 2.89 bits per heavy atom. The van der Waals surface area contributed by atoms with Crippen molar-refractivity contribution in [3.05, 3.63) is 0 Å². The van der Waals surface area contributed by atoms with Crippen molar-refractivity contribution in [1.82, 2.24) is 15.1 Å². The molecule has 1 atom stereocenters. The maximum atomic E-state index is 12.0. The average Bonchev–Trinajstić information content (AvgIpc) is 2.55. The van der Waals surface area contributed by atoms with Gasteiger partial charge < -0.3 is 10.2 Å². The Hall–Kier alpha value is -0.610. The van der Waals surface area contributed by atoms with Crippen molar-refractivity contribution in [2.24, 2.45) is 0 Å². The van der Waals surface area contributed by atoms with E-state index in [1.165, 1.54) is 25.8 Å². The molecule has 18 heavy (non-hydrogen) atoms. The Morgan fingerprint density at radius 2 is 2.11 bits per heavy atom. The largest absolute Gasteiger partial charge is 0.340 e. The van der Waals surface area contributed by atoms with Crippen LogP contribution in [0.15, 0.2) is 0 Å². The highest BCUT2D eigenvalue weighted by Gasteiger charge is 2.28.